The number of hydrogen-bond donors (Lipinski definition) is 0. The van der Waals surface area contributed by atoms with E-state index in [1.165, 1.54) is 24.0 Å². The summed E-state index contributed by atoms with van der Waals surface area (Å²) in [7, 11) is 0. The number of aryl methyl sites for hydroxylation is 1. The fourth-order valence-electron chi connectivity index (χ4n) is 2.18. The summed E-state index contributed by atoms with van der Waals surface area (Å²) >= 11 is 0. The summed E-state index contributed by atoms with van der Waals surface area (Å²) in [5.41, 5.74) is 5.04. The largest absolute Gasteiger partial charge is 0.0587 e. The fourth-order valence-corrected chi connectivity index (χ4v) is 2.18. The molecular formula is C14H20. The molecule has 76 valence electrons. The topological polar surface area (TPSA) is 0 Å². The second kappa shape index (κ2) is 3.12. The molecule has 0 aromatic heterocycles. The van der Waals surface area contributed by atoms with Crippen LogP contribution in [0.3, 0.4) is 0 Å². The highest BCUT2D eigenvalue weighted by Crippen LogP contribution is 2.48. The van der Waals surface area contributed by atoms with Gasteiger partial charge >= 0.3 is 0 Å². The van der Waals surface area contributed by atoms with Gasteiger partial charge in [0.25, 0.3) is 0 Å². The van der Waals surface area contributed by atoms with E-state index in [4.69, 9.17) is 0 Å². The minimum Gasteiger partial charge on any atom is -0.0587 e. The standard InChI is InChI=1S/C14H20/c1-10(2)12-5-6-13(11(3)9-12)14(4)7-8-14/h5-6,9-10H,7-8H2,1-4H3. The van der Waals surface area contributed by atoms with E-state index in [-0.39, 0.29) is 0 Å². The molecule has 1 fully saturated rings. The zero-order chi connectivity index (χ0) is 10.3. The molecule has 0 atom stereocenters. The lowest BCUT2D eigenvalue weighted by Crippen LogP contribution is -2.03. The smallest absolute Gasteiger partial charge is 0.00720 e. The van der Waals surface area contributed by atoms with Crippen molar-refractivity contribution < 1.29 is 0 Å². The summed E-state index contributed by atoms with van der Waals surface area (Å²) in [6.07, 6.45) is 2.74. The van der Waals surface area contributed by atoms with Gasteiger partial charge in [0, 0.05) is 0 Å². The van der Waals surface area contributed by atoms with Crippen molar-refractivity contribution in [1.29, 1.82) is 0 Å². The van der Waals surface area contributed by atoms with Crippen LogP contribution in [0.15, 0.2) is 18.2 Å². The Morgan fingerprint density at radius 1 is 1.21 bits per heavy atom. The molecule has 0 nitrogen and oxygen atoms in total. The molecule has 0 heteroatoms. The van der Waals surface area contributed by atoms with Gasteiger partial charge in [0.2, 0.25) is 0 Å². The Morgan fingerprint density at radius 3 is 2.29 bits per heavy atom. The molecule has 1 aromatic rings. The van der Waals surface area contributed by atoms with Crippen LogP contribution in [-0.2, 0) is 5.41 Å². The van der Waals surface area contributed by atoms with Gasteiger partial charge in [0.15, 0.2) is 0 Å². The third-order valence-electron chi connectivity index (χ3n) is 3.57. The van der Waals surface area contributed by atoms with Crippen LogP contribution in [0, 0.1) is 6.92 Å². The van der Waals surface area contributed by atoms with E-state index in [2.05, 4.69) is 45.9 Å². The van der Waals surface area contributed by atoms with Gasteiger partial charge in [-0.05, 0) is 47.8 Å². The minimum atomic E-state index is 0.513. The average molecular weight is 188 g/mol. The zero-order valence-corrected chi connectivity index (χ0v) is 9.72. The monoisotopic (exact) mass is 188 g/mol. The summed E-state index contributed by atoms with van der Waals surface area (Å²) in [6, 6.07) is 7.01. The van der Waals surface area contributed by atoms with Crippen molar-refractivity contribution in [3.8, 4) is 0 Å². The molecule has 0 saturated heterocycles. The van der Waals surface area contributed by atoms with Gasteiger partial charge in [0.05, 0.1) is 0 Å². The SMILES string of the molecule is Cc1cc(C(C)C)ccc1C1(C)CC1. The van der Waals surface area contributed by atoms with Gasteiger partial charge in [0.1, 0.15) is 0 Å². The Balaban J connectivity index is 2.37. The predicted octanol–water partition coefficient (Wildman–Crippen LogP) is 4.17. The van der Waals surface area contributed by atoms with Crippen molar-refractivity contribution in [3.05, 3.63) is 34.9 Å². The first kappa shape index (κ1) is 9.76. The second-order valence-corrected chi connectivity index (χ2v) is 5.29. The fraction of sp³-hybridized carbons (Fsp3) is 0.571. The van der Waals surface area contributed by atoms with Crippen LogP contribution in [0.5, 0.6) is 0 Å². The lowest BCUT2D eigenvalue weighted by Gasteiger charge is -2.15. The number of hydrogen-bond acceptors (Lipinski definition) is 0. The van der Waals surface area contributed by atoms with Crippen LogP contribution in [0.2, 0.25) is 0 Å². The van der Waals surface area contributed by atoms with Crippen LogP contribution in [0.25, 0.3) is 0 Å². The van der Waals surface area contributed by atoms with E-state index in [0.717, 1.165) is 0 Å². The van der Waals surface area contributed by atoms with Gasteiger partial charge in [-0.2, -0.15) is 0 Å². The van der Waals surface area contributed by atoms with Gasteiger partial charge in [-0.3, -0.25) is 0 Å². The number of rotatable bonds is 2. The summed E-state index contributed by atoms with van der Waals surface area (Å²) in [5, 5.41) is 0. The summed E-state index contributed by atoms with van der Waals surface area (Å²) in [5.74, 6) is 0.648. The maximum absolute atomic E-state index is 2.38. The van der Waals surface area contributed by atoms with Gasteiger partial charge in [-0.15, -0.1) is 0 Å². The molecule has 1 saturated carbocycles. The van der Waals surface area contributed by atoms with Crippen molar-refractivity contribution in [3.63, 3.8) is 0 Å². The van der Waals surface area contributed by atoms with Crippen LogP contribution >= 0.6 is 0 Å². The van der Waals surface area contributed by atoms with Crippen molar-refractivity contribution in [2.45, 2.75) is 51.9 Å². The predicted molar refractivity (Wildman–Crippen MR) is 61.9 cm³/mol. The average Bonchev–Trinajstić information content (AvgIpc) is 2.84. The van der Waals surface area contributed by atoms with Crippen molar-refractivity contribution in [1.82, 2.24) is 0 Å². The molecule has 0 N–H and O–H groups in total. The first-order chi connectivity index (χ1) is 6.53. The molecule has 1 aliphatic carbocycles. The van der Waals surface area contributed by atoms with E-state index in [1.807, 2.05) is 0 Å². The molecule has 1 aromatic carbocycles. The molecule has 14 heavy (non-hydrogen) atoms. The molecule has 0 aliphatic heterocycles. The molecule has 1 aliphatic rings. The maximum atomic E-state index is 2.38. The van der Waals surface area contributed by atoms with E-state index in [0.29, 0.717) is 11.3 Å². The van der Waals surface area contributed by atoms with E-state index < -0.39 is 0 Å². The second-order valence-electron chi connectivity index (χ2n) is 5.29. The molecule has 0 heterocycles. The lowest BCUT2D eigenvalue weighted by atomic mass is 9.90. The van der Waals surface area contributed by atoms with E-state index in [1.54, 1.807) is 5.56 Å². The maximum Gasteiger partial charge on any atom is -0.00720 e. The van der Waals surface area contributed by atoms with Crippen molar-refractivity contribution in [2.75, 3.05) is 0 Å². The Labute approximate surface area is 87.3 Å². The zero-order valence-electron chi connectivity index (χ0n) is 9.72. The van der Waals surface area contributed by atoms with Crippen molar-refractivity contribution >= 4 is 0 Å². The molecule has 2 rings (SSSR count). The molecular weight excluding hydrogens is 168 g/mol. The first-order valence-electron chi connectivity index (χ1n) is 5.64. The minimum absolute atomic E-state index is 0.513. The van der Waals surface area contributed by atoms with Crippen molar-refractivity contribution in [2.24, 2.45) is 0 Å². The quantitative estimate of drug-likeness (QED) is 0.653. The van der Waals surface area contributed by atoms with Gasteiger partial charge in [-0.25, -0.2) is 0 Å². The summed E-state index contributed by atoms with van der Waals surface area (Å²) in [4.78, 5) is 0. The van der Waals surface area contributed by atoms with Crippen LogP contribution in [0.4, 0.5) is 0 Å². The Kier molecular flexibility index (Phi) is 2.17. The lowest BCUT2D eigenvalue weighted by molar-refractivity contribution is 0.774. The van der Waals surface area contributed by atoms with Crippen LogP contribution in [0.1, 0.15) is 56.2 Å². The molecule has 0 spiro atoms. The highest BCUT2D eigenvalue weighted by Gasteiger charge is 2.39. The first-order valence-corrected chi connectivity index (χ1v) is 5.64. The normalized spacial score (nSPS) is 18.6. The molecule has 0 radical (unpaired) electrons. The van der Waals surface area contributed by atoms with E-state index >= 15 is 0 Å². The van der Waals surface area contributed by atoms with Crippen LogP contribution in [-0.4, -0.2) is 0 Å². The van der Waals surface area contributed by atoms with E-state index in [9.17, 15) is 0 Å². The van der Waals surface area contributed by atoms with Crippen LogP contribution < -0.4 is 0 Å². The third-order valence-corrected chi connectivity index (χ3v) is 3.57. The Morgan fingerprint density at radius 2 is 1.86 bits per heavy atom. The molecule has 0 amide bonds. The molecule has 0 unspecified atom stereocenters. The van der Waals surface area contributed by atoms with Gasteiger partial charge in [-0.1, -0.05) is 39.0 Å². The Hall–Kier alpha value is -0.780. The van der Waals surface area contributed by atoms with Gasteiger partial charge < -0.3 is 0 Å². The summed E-state index contributed by atoms with van der Waals surface area (Å²) in [6.45, 7) is 9.15. The highest BCUT2D eigenvalue weighted by molar-refractivity contribution is 5.40. The summed E-state index contributed by atoms with van der Waals surface area (Å²) < 4.78 is 0. The molecule has 0 bridgehead atoms. The highest BCUT2D eigenvalue weighted by atomic mass is 14.4. The number of benzene rings is 1. The Bertz CT molecular complexity index is 343. The third kappa shape index (κ3) is 1.58.